The first kappa shape index (κ1) is 34.8. The number of unbranched alkanes of at least 4 members (excludes halogenated alkanes) is 10. The number of rotatable bonds is 24. The molecule has 0 saturated heterocycles. The Kier molecular flexibility index (Phi) is 26.7. The number of esters is 1. The van der Waals surface area contributed by atoms with E-state index < -0.39 is 12.2 Å². The molecule has 2 atom stereocenters. The van der Waals surface area contributed by atoms with Crippen molar-refractivity contribution in [2.75, 3.05) is 7.11 Å². The van der Waals surface area contributed by atoms with Crippen LogP contribution in [0.25, 0.3) is 0 Å². The number of ether oxygens (including phenoxy) is 1. The van der Waals surface area contributed by atoms with Crippen LogP contribution in [0.3, 0.4) is 0 Å². The lowest BCUT2D eigenvalue weighted by Gasteiger charge is -2.02. The molecule has 0 fully saturated rings. The van der Waals surface area contributed by atoms with Crippen molar-refractivity contribution in [2.45, 2.75) is 122 Å². The number of aliphatic hydroxyl groups excluding tert-OH is 2. The molecule has 0 aliphatic rings. The molecule has 1 unspecified atom stereocenters. The van der Waals surface area contributed by atoms with E-state index in [-0.39, 0.29) is 5.97 Å². The topological polar surface area (TPSA) is 66.8 Å². The van der Waals surface area contributed by atoms with Crippen LogP contribution in [0.5, 0.6) is 0 Å². The molecule has 0 amide bonds. The normalized spacial score (nSPS) is 14.4. The summed E-state index contributed by atoms with van der Waals surface area (Å²) in [6, 6.07) is 0. The van der Waals surface area contributed by atoms with Crippen molar-refractivity contribution >= 4 is 5.97 Å². The van der Waals surface area contributed by atoms with Gasteiger partial charge in [-0.1, -0.05) is 131 Å². The number of carbonyl (C=O) groups is 1. The average molecular weight is 515 g/mol. The van der Waals surface area contributed by atoms with Gasteiger partial charge in [-0.25, -0.2) is 0 Å². The van der Waals surface area contributed by atoms with Gasteiger partial charge in [0, 0.05) is 6.42 Å². The molecule has 0 saturated carbocycles. The molecule has 37 heavy (non-hydrogen) atoms. The van der Waals surface area contributed by atoms with Crippen LogP contribution in [0.1, 0.15) is 110 Å². The maximum absolute atomic E-state index is 11.0. The molecule has 2 N–H and O–H groups in total. The Labute approximate surface area is 227 Å². The Morgan fingerprint density at radius 3 is 1.68 bits per heavy atom. The number of carbonyl (C=O) groups excluding carboxylic acids is 1. The molecule has 0 aromatic carbocycles. The van der Waals surface area contributed by atoms with Crippen molar-refractivity contribution in [1.29, 1.82) is 0 Å². The van der Waals surface area contributed by atoms with E-state index in [1.807, 2.05) is 36.5 Å². The van der Waals surface area contributed by atoms with Crippen molar-refractivity contribution in [2.24, 2.45) is 0 Å². The second-order valence-electron chi connectivity index (χ2n) is 9.47. The van der Waals surface area contributed by atoms with Gasteiger partial charge in [0.2, 0.25) is 0 Å². The van der Waals surface area contributed by atoms with Gasteiger partial charge in [-0.05, 0) is 44.9 Å². The number of allylic oxidation sites excluding steroid dienone is 8. The zero-order chi connectivity index (χ0) is 27.2. The van der Waals surface area contributed by atoms with E-state index in [0.717, 1.165) is 32.1 Å². The fraction of sp³-hybridized carbons (Fsp3) is 0.606. The molecule has 0 aromatic heterocycles. The van der Waals surface area contributed by atoms with Gasteiger partial charge in [-0.15, -0.1) is 0 Å². The maximum Gasteiger partial charge on any atom is 0.305 e. The summed E-state index contributed by atoms with van der Waals surface area (Å²) in [5.41, 5.74) is 0. The second-order valence-corrected chi connectivity index (χ2v) is 9.47. The molecular weight excluding hydrogens is 460 g/mol. The monoisotopic (exact) mass is 514 g/mol. The summed E-state index contributed by atoms with van der Waals surface area (Å²) in [6.07, 6.45) is 40.0. The van der Waals surface area contributed by atoms with E-state index in [9.17, 15) is 15.0 Å². The van der Waals surface area contributed by atoms with E-state index >= 15 is 0 Å². The molecule has 0 spiro atoms. The predicted octanol–water partition coefficient (Wildman–Crippen LogP) is 8.48. The molecule has 0 aliphatic heterocycles. The van der Waals surface area contributed by atoms with Crippen LogP contribution in [-0.2, 0) is 9.53 Å². The fourth-order valence-electron chi connectivity index (χ4n) is 3.74. The summed E-state index contributed by atoms with van der Waals surface area (Å²) in [6.45, 7) is 2.07. The molecule has 0 aromatic rings. The average Bonchev–Trinajstić information content (AvgIpc) is 2.89. The largest absolute Gasteiger partial charge is 0.469 e. The van der Waals surface area contributed by atoms with E-state index in [0.29, 0.717) is 19.3 Å². The Morgan fingerprint density at radius 1 is 0.649 bits per heavy atom. The summed E-state index contributed by atoms with van der Waals surface area (Å²) >= 11 is 0. The summed E-state index contributed by atoms with van der Waals surface area (Å²) in [4.78, 5) is 11.0. The molecule has 0 radical (unpaired) electrons. The van der Waals surface area contributed by atoms with Crippen LogP contribution < -0.4 is 0 Å². The van der Waals surface area contributed by atoms with Gasteiger partial charge in [-0.3, -0.25) is 4.79 Å². The van der Waals surface area contributed by atoms with Gasteiger partial charge in [0.15, 0.2) is 0 Å². The quantitative estimate of drug-likeness (QED) is 0.0586. The standard InChI is InChI=1S/C33H54O4/c1-3-4-21-26-31(34)28-23-19-20-24-29-32(35)27-22-17-15-13-11-9-7-5-6-8-10-12-14-16-18-25-30-33(36)37-2/h4,11,13,17,19-24,28-29,31-32,34-35H,3,5-10,12,14-16,18,25-27,30H2,1-2H3/b13-11-,20-19-,21-4-,22-17-,28-23+,29-24+/t31?,32-/m0/s1. The van der Waals surface area contributed by atoms with Crippen LogP contribution in [0, 0.1) is 0 Å². The lowest BCUT2D eigenvalue weighted by Crippen LogP contribution is -1.99. The first-order valence-electron chi connectivity index (χ1n) is 14.5. The third kappa shape index (κ3) is 28.3. The van der Waals surface area contributed by atoms with Crippen LogP contribution in [0.2, 0.25) is 0 Å². The highest BCUT2D eigenvalue weighted by atomic mass is 16.5. The zero-order valence-electron chi connectivity index (χ0n) is 23.6. The summed E-state index contributed by atoms with van der Waals surface area (Å²) in [7, 11) is 1.45. The first-order chi connectivity index (χ1) is 18.1. The van der Waals surface area contributed by atoms with Crippen molar-refractivity contribution in [1.82, 2.24) is 0 Å². The van der Waals surface area contributed by atoms with Crippen LogP contribution in [0.4, 0.5) is 0 Å². The Hall–Kier alpha value is -2.17. The van der Waals surface area contributed by atoms with Gasteiger partial charge in [0.05, 0.1) is 19.3 Å². The highest BCUT2D eigenvalue weighted by molar-refractivity contribution is 5.68. The van der Waals surface area contributed by atoms with E-state index in [4.69, 9.17) is 0 Å². The van der Waals surface area contributed by atoms with Crippen molar-refractivity contribution in [3.8, 4) is 0 Å². The first-order valence-corrected chi connectivity index (χ1v) is 14.5. The van der Waals surface area contributed by atoms with E-state index in [1.54, 1.807) is 12.2 Å². The SMILES string of the molecule is CC/C=C\CC(O)/C=C/C=C\C=C\[C@@H](O)C/C=C\C/C=C\CCCCCCCCCCCCC(=O)OC. The minimum Gasteiger partial charge on any atom is -0.469 e. The minimum absolute atomic E-state index is 0.0896. The van der Waals surface area contributed by atoms with E-state index in [2.05, 4.69) is 36.0 Å². The molecule has 4 heteroatoms. The maximum atomic E-state index is 11.0. The molecule has 210 valence electrons. The van der Waals surface area contributed by atoms with Crippen molar-refractivity contribution < 1.29 is 19.7 Å². The smallest absolute Gasteiger partial charge is 0.305 e. The Morgan fingerprint density at radius 2 is 1.14 bits per heavy atom. The van der Waals surface area contributed by atoms with Crippen LogP contribution in [-0.4, -0.2) is 35.5 Å². The minimum atomic E-state index is -0.481. The van der Waals surface area contributed by atoms with Crippen molar-refractivity contribution in [3.63, 3.8) is 0 Å². The zero-order valence-corrected chi connectivity index (χ0v) is 23.6. The number of aliphatic hydroxyl groups is 2. The Balaban J connectivity index is 3.57. The Bertz CT molecular complexity index is 684. The van der Waals surface area contributed by atoms with Crippen LogP contribution >= 0.6 is 0 Å². The van der Waals surface area contributed by atoms with Gasteiger partial charge in [0.1, 0.15) is 0 Å². The summed E-state index contributed by atoms with van der Waals surface area (Å²) < 4.78 is 4.65. The molecule has 0 aliphatic carbocycles. The molecule has 0 bridgehead atoms. The lowest BCUT2D eigenvalue weighted by molar-refractivity contribution is -0.140. The fourth-order valence-corrected chi connectivity index (χ4v) is 3.74. The number of methoxy groups -OCH3 is 1. The third-order valence-corrected chi connectivity index (χ3v) is 5.99. The van der Waals surface area contributed by atoms with E-state index in [1.165, 1.54) is 58.5 Å². The highest BCUT2D eigenvalue weighted by Gasteiger charge is 1.99. The third-order valence-electron chi connectivity index (χ3n) is 5.99. The van der Waals surface area contributed by atoms with Gasteiger partial charge in [0.25, 0.3) is 0 Å². The molecule has 4 nitrogen and oxygen atoms in total. The molecule has 0 heterocycles. The van der Waals surface area contributed by atoms with Crippen LogP contribution in [0.15, 0.2) is 72.9 Å². The van der Waals surface area contributed by atoms with Gasteiger partial charge < -0.3 is 14.9 Å². The predicted molar refractivity (Wildman–Crippen MR) is 158 cm³/mol. The second kappa shape index (κ2) is 28.4. The summed E-state index contributed by atoms with van der Waals surface area (Å²) in [5.74, 6) is -0.0896. The van der Waals surface area contributed by atoms with Crippen molar-refractivity contribution in [3.05, 3.63) is 72.9 Å². The van der Waals surface area contributed by atoms with Gasteiger partial charge >= 0.3 is 5.97 Å². The number of hydrogen-bond donors (Lipinski definition) is 2. The molecule has 0 rings (SSSR count). The summed E-state index contributed by atoms with van der Waals surface area (Å²) in [5, 5.41) is 19.8. The number of hydrogen-bond acceptors (Lipinski definition) is 4. The molecular formula is C33H54O4. The van der Waals surface area contributed by atoms with Gasteiger partial charge in [-0.2, -0.15) is 0 Å². The highest BCUT2D eigenvalue weighted by Crippen LogP contribution is 2.12. The lowest BCUT2D eigenvalue weighted by atomic mass is 10.1.